The molecule has 0 bridgehead atoms. The van der Waals surface area contributed by atoms with Gasteiger partial charge in [-0.1, -0.05) is 0 Å². The maximum Gasteiger partial charge on any atom is 0.460 e. The number of halogens is 13. The second-order valence-electron chi connectivity index (χ2n) is 8.84. The first-order valence-corrected chi connectivity index (χ1v) is 11.2. The Kier molecular flexibility index (Phi) is 11.7. The van der Waals surface area contributed by atoms with Crippen molar-refractivity contribution in [2.45, 2.75) is 79.6 Å². The van der Waals surface area contributed by atoms with Gasteiger partial charge in [0.05, 0.1) is 19.3 Å². The van der Waals surface area contributed by atoms with Gasteiger partial charge >= 0.3 is 41.8 Å². The fourth-order valence-corrected chi connectivity index (χ4v) is 3.28. The molecule has 0 aromatic heterocycles. The number of alkyl halides is 13. The van der Waals surface area contributed by atoms with Gasteiger partial charge < -0.3 is 40.0 Å². The first-order valence-electron chi connectivity index (χ1n) is 11.2. The smallest absolute Gasteiger partial charge is 0.460 e. The average Bonchev–Trinajstić information content (AvgIpc) is 2.84. The number of ether oxygens (including phenoxy) is 3. The standard InChI is InChI=1S/C20H22F13NO9/c1-7(35)34-11-8(36)4-10(14(39)40)43-13(11)12(38)9(37)5-42-6-41-3-2-15(21,22)16(23,24)17(25,26)18(27,28)19(29,30)20(31,32)33/h4,8-9,11-13,36-38H,2-3,5-6H2,1H3,(H,34,35)(H,39,40)/t8-,9+,11+,12+,13+/m0/s1. The highest BCUT2D eigenvalue weighted by Gasteiger charge is 2.90. The second kappa shape index (κ2) is 13.2. The summed E-state index contributed by atoms with van der Waals surface area (Å²) in [4.78, 5) is 22.5. The van der Waals surface area contributed by atoms with Crippen LogP contribution in [0.1, 0.15) is 13.3 Å². The van der Waals surface area contributed by atoms with E-state index in [4.69, 9.17) is 9.84 Å². The molecule has 23 heteroatoms. The molecule has 0 saturated heterocycles. The van der Waals surface area contributed by atoms with Gasteiger partial charge in [-0.15, -0.1) is 0 Å². The summed E-state index contributed by atoms with van der Waals surface area (Å²) in [6.45, 7) is -3.24. The molecule has 43 heavy (non-hydrogen) atoms. The Bertz CT molecular complexity index is 1020. The van der Waals surface area contributed by atoms with Crippen LogP contribution < -0.4 is 5.32 Å². The fraction of sp³-hybridized carbons (Fsp3) is 0.800. The van der Waals surface area contributed by atoms with E-state index < -0.39 is 110 Å². The van der Waals surface area contributed by atoms with E-state index >= 15 is 0 Å². The van der Waals surface area contributed by atoms with Crippen LogP contribution in [0, 0.1) is 0 Å². The highest BCUT2D eigenvalue weighted by atomic mass is 19.4. The van der Waals surface area contributed by atoms with Gasteiger partial charge in [0.15, 0.2) is 6.10 Å². The first kappa shape index (κ1) is 38.4. The molecule has 1 heterocycles. The molecule has 10 nitrogen and oxygen atoms in total. The molecule has 1 rings (SSSR count). The first-order chi connectivity index (χ1) is 19.2. The number of amides is 1. The lowest BCUT2D eigenvalue weighted by Crippen LogP contribution is -2.70. The van der Waals surface area contributed by atoms with E-state index in [9.17, 15) is 82.0 Å². The topological polar surface area (TPSA) is 155 Å². The van der Waals surface area contributed by atoms with Crippen LogP contribution in [0.5, 0.6) is 0 Å². The molecule has 252 valence electrons. The largest absolute Gasteiger partial charge is 0.478 e. The minimum atomic E-state index is -8.04. The number of aliphatic carboxylic acids is 1. The van der Waals surface area contributed by atoms with Gasteiger partial charge in [0.25, 0.3) is 0 Å². The van der Waals surface area contributed by atoms with E-state index in [0.29, 0.717) is 6.08 Å². The summed E-state index contributed by atoms with van der Waals surface area (Å²) in [6.07, 6.45) is -17.5. The van der Waals surface area contributed by atoms with Crippen LogP contribution in [0.4, 0.5) is 57.1 Å². The minimum Gasteiger partial charge on any atom is -0.478 e. The second-order valence-corrected chi connectivity index (χ2v) is 8.84. The summed E-state index contributed by atoms with van der Waals surface area (Å²) >= 11 is 0. The van der Waals surface area contributed by atoms with E-state index in [1.807, 2.05) is 0 Å². The van der Waals surface area contributed by atoms with Gasteiger partial charge in [-0.2, -0.15) is 57.1 Å². The van der Waals surface area contributed by atoms with E-state index in [2.05, 4.69) is 14.8 Å². The van der Waals surface area contributed by atoms with Crippen molar-refractivity contribution in [3.8, 4) is 0 Å². The molecule has 1 aliphatic rings. The lowest BCUT2D eigenvalue weighted by atomic mass is 9.93. The highest BCUT2D eigenvalue weighted by Crippen LogP contribution is 2.60. The van der Waals surface area contributed by atoms with Crippen LogP contribution in [-0.2, 0) is 23.8 Å². The van der Waals surface area contributed by atoms with Crippen molar-refractivity contribution in [1.82, 2.24) is 5.32 Å². The maximum absolute atomic E-state index is 13.7. The van der Waals surface area contributed by atoms with E-state index in [1.165, 1.54) is 0 Å². The lowest BCUT2D eigenvalue weighted by molar-refractivity contribution is -0.440. The zero-order chi connectivity index (χ0) is 34.0. The van der Waals surface area contributed by atoms with Gasteiger partial charge in [0, 0.05) is 13.3 Å². The number of carbonyl (C=O) groups is 2. The average molecular weight is 667 g/mol. The number of aliphatic hydroxyl groups excluding tert-OH is 3. The number of hydrogen-bond donors (Lipinski definition) is 5. The molecule has 0 radical (unpaired) electrons. The highest BCUT2D eigenvalue weighted by molar-refractivity contribution is 5.84. The number of aliphatic hydroxyl groups is 3. The Morgan fingerprint density at radius 1 is 0.907 bits per heavy atom. The van der Waals surface area contributed by atoms with Crippen LogP contribution >= 0.6 is 0 Å². The summed E-state index contributed by atoms with van der Waals surface area (Å²) in [5.41, 5.74) is 0. The van der Waals surface area contributed by atoms with Gasteiger partial charge in [0.1, 0.15) is 25.1 Å². The summed E-state index contributed by atoms with van der Waals surface area (Å²) in [5, 5.41) is 41.5. The number of carbonyl (C=O) groups excluding carboxylic acids is 1. The molecule has 1 aliphatic heterocycles. The molecule has 0 spiro atoms. The van der Waals surface area contributed by atoms with Gasteiger partial charge in [-0.3, -0.25) is 4.79 Å². The normalized spacial score (nSPS) is 22.3. The van der Waals surface area contributed by atoms with E-state index in [-0.39, 0.29) is 0 Å². The molecule has 1 amide bonds. The summed E-state index contributed by atoms with van der Waals surface area (Å²) in [5.74, 6) is -41.2. The molecular weight excluding hydrogens is 645 g/mol. The van der Waals surface area contributed by atoms with Gasteiger partial charge in [0.2, 0.25) is 11.7 Å². The number of carboxylic acids is 1. The Morgan fingerprint density at radius 3 is 1.88 bits per heavy atom. The van der Waals surface area contributed by atoms with Crippen molar-refractivity contribution in [2.24, 2.45) is 0 Å². The molecule has 5 N–H and O–H groups in total. The number of carboxylic acid groups (broad SMARTS) is 1. The zero-order valence-electron chi connectivity index (χ0n) is 21.0. The molecule has 0 aliphatic carbocycles. The predicted molar refractivity (Wildman–Crippen MR) is 108 cm³/mol. The lowest BCUT2D eigenvalue weighted by Gasteiger charge is -2.39. The third kappa shape index (κ3) is 7.72. The van der Waals surface area contributed by atoms with Crippen molar-refractivity contribution < 1.29 is 101 Å². The van der Waals surface area contributed by atoms with Crippen LogP contribution in [0.15, 0.2) is 11.8 Å². The van der Waals surface area contributed by atoms with Gasteiger partial charge in [-0.05, 0) is 6.08 Å². The van der Waals surface area contributed by atoms with Gasteiger partial charge in [-0.25, -0.2) is 4.79 Å². The van der Waals surface area contributed by atoms with E-state index in [1.54, 1.807) is 0 Å². The monoisotopic (exact) mass is 667 g/mol. The quantitative estimate of drug-likeness (QED) is 0.100. The van der Waals surface area contributed by atoms with Crippen molar-refractivity contribution in [3.05, 3.63) is 11.8 Å². The van der Waals surface area contributed by atoms with Crippen LogP contribution in [0.3, 0.4) is 0 Å². The minimum absolute atomic E-state index is 0.640. The Labute approximate surface area is 231 Å². The summed E-state index contributed by atoms with van der Waals surface area (Å²) in [7, 11) is 0. The fourth-order valence-electron chi connectivity index (χ4n) is 3.28. The van der Waals surface area contributed by atoms with Crippen LogP contribution in [-0.4, -0.2) is 119 Å². The van der Waals surface area contributed by atoms with Crippen LogP contribution in [0.25, 0.3) is 0 Å². The zero-order valence-corrected chi connectivity index (χ0v) is 21.0. The molecule has 5 atom stereocenters. The number of hydrogen-bond acceptors (Lipinski definition) is 8. The third-order valence-corrected chi connectivity index (χ3v) is 5.63. The van der Waals surface area contributed by atoms with Crippen molar-refractivity contribution in [1.29, 1.82) is 0 Å². The SMILES string of the molecule is CC(=O)N[C@H]1[C@H]([C@H](O)[C@H](O)COCOCCC(F)(F)C(F)(F)C(F)(F)C(F)(F)C(F)(F)C(F)(F)F)OC(C(=O)O)=C[C@@H]1O. The van der Waals surface area contributed by atoms with Crippen molar-refractivity contribution >= 4 is 11.9 Å². The molecular formula is C20H22F13NO9. The van der Waals surface area contributed by atoms with Crippen LogP contribution in [0.2, 0.25) is 0 Å². The number of nitrogens with one attached hydrogen (secondary N) is 1. The Hall–Kier alpha value is -2.63. The van der Waals surface area contributed by atoms with Crippen molar-refractivity contribution in [2.75, 3.05) is 20.0 Å². The molecule has 0 fully saturated rings. The third-order valence-electron chi connectivity index (χ3n) is 5.63. The summed E-state index contributed by atoms with van der Waals surface area (Å²) in [6, 6.07) is -1.55. The van der Waals surface area contributed by atoms with Crippen molar-refractivity contribution in [3.63, 3.8) is 0 Å². The number of rotatable bonds is 15. The van der Waals surface area contributed by atoms with E-state index in [0.717, 1.165) is 6.92 Å². The molecule has 0 saturated carbocycles. The molecule has 0 aromatic rings. The molecule has 0 aromatic carbocycles. The maximum atomic E-state index is 13.7. The Morgan fingerprint density at radius 2 is 1.42 bits per heavy atom. The Balaban J connectivity index is 2.79. The summed E-state index contributed by atoms with van der Waals surface area (Å²) < 4.78 is 184. The predicted octanol–water partition coefficient (Wildman–Crippen LogP) is 2.06. The molecule has 0 unspecified atom stereocenters.